The molecule has 0 radical (unpaired) electrons. The summed E-state index contributed by atoms with van der Waals surface area (Å²) in [7, 11) is 1.67. The summed E-state index contributed by atoms with van der Waals surface area (Å²) in [5, 5.41) is 3.05. The van der Waals surface area contributed by atoms with Crippen molar-refractivity contribution >= 4 is 29.9 Å². The molecule has 5 nitrogen and oxygen atoms in total. The molecular formula is C17H28IN3O2. The number of hydrogen-bond acceptors (Lipinski definition) is 3. The molecule has 130 valence electrons. The van der Waals surface area contributed by atoms with Crippen LogP contribution in [0.4, 0.5) is 0 Å². The van der Waals surface area contributed by atoms with E-state index >= 15 is 0 Å². The van der Waals surface area contributed by atoms with Crippen LogP contribution in [0.5, 0.6) is 0 Å². The maximum absolute atomic E-state index is 6.00. The Morgan fingerprint density at radius 2 is 2.13 bits per heavy atom. The van der Waals surface area contributed by atoms with Gasteiger partial charge in [0.1, 0.15) is 0 Å². The zero-order valence-corrected chi connectivity index (χ0v) is 16.3. The summed E-state index contributed by atoms with van der Waals surface area (Å²) in [6.07, 6.45) is 2.32. The standard InChI is InChI=1S/C17H27N3O2.HI/c1-13-5-7-14(8-6-13)16-15(4-3-10-22-16)12-20-17(18)19-9-11-21-2;/h5-8,15-16H,3-4,9-12H2,1-2H3,(H3,18,19,20);1H. The normalized spacial score (nSPS) is 21.6. The highest BCUT2D eigenvalue weighted by Gasteiger charge is 2.27. The summed E-state index contributed by atoms with van der Waals surface area (Å²) >= 11 is 0. The fourth-order valence-electron chi connectivity index (χ4n) is 2.71. The van der Waals surface area contributed by atoms with Gasteiger partial charge in [0.15, 0.2) is 5.96 Å². The average molecular weight is 433 g/mol. The topological polar surface area (TPSA) is 68.9 Å². The van der Waals surface area contributed by atoms with Gasteiger partial charge in [0.05, 0.1) is 12.7 Å². The van der Waals surface area contributed by atoms with E-state index in [0.29, 0.717) is 31.6 Å². The number of aryl methyl sites for hydroxylation is 1. The molecule has 1 aliphatic heterocycles. The Labute approximate surface area is 156 Å². The first-order chi connectivity index (χ1) is 10.7. The fourth-order valence-corrected chi connectivity index (χ4v) is 2.71. The number of methoxy groups -OCH3 is 1. The summed E-state index contributed by atoms with van der Waals surface area (Å²) in [6.45, 7) is 4.90. The van der Waals surface area contributed by atoms with Crippen LogP contribution >= 0.6 is 24.0 Å². The second kappa shape index (κ2) is 10.8. The number of nitrogens with two attached hydrogens (primary N) is 1. The average Bonchev–Trinajstić information content (AvgIpc) is 2.54. The number of halogens is 1. The Bertz CT molecular complexity index is 479. The van der Waals surface area contributed by atoms with Gasteiger partial charge in [0.25, 0.3) is 0 Å². The summed E-state index contributed by atoms with van der Waals surface area (Å²) in [5.41, 5.74) is 8.38. The molecule has 0 aliphatic carbocycles. The molecule has 1 saturated heterocycles. The molecule has 0 bridgehead atoms. The highest BCUT2D eigenvalue weighted by molar-refractivity contribution is 14.0. The third kappa shape index (κ3) is 6.64. The van der Waals surface area contributed by atoms with Crippen LogP contribution in [-0.2, 0) is 9.47 Å². The first-order valence-electron chi connectivity index (χ1n) is 7.91. The Balaban J connectivity index is 0.00000264. The molecule has 23 heavy (non-hydrogen) atoms. The number of benzene rings is 1. The molecule has 1 aliphatic rings. The molecule has 1 fully saturated rings. The molecule has 6 heteroatoms. The summed E-state index contributed by atoms with van der Waals surface area (Å²) in [4.78, 5) is 4.46. The van der Waals surface area contributed by atoms with Gasteiger partial charge in [-0.1, -0.05) is 29.8 Å². The zero-order chi connectivity index (χ0) is 15.8. The molecule has 3 N–H and O–H groups in total. The van der Waals surface area contributed by atoms with E-state index in [1.807, 2.05) is 0 Å². The number of hydrogen-bond donors (Lipinski definition) is 2. The van der Waals surface area contributed by atoms with Gasteiger partial charge in [-0.25, -0.2) is 0 Å². The van der Waals surface area contributed by atoms with Gasteiger partial charge >= 0.3 is 0 Å². The van der Waals surface area contributed by atoms with Crippen LogP contribution in [0.1, 0.15) is 30.1 Å². The smallest absolute Gasteiger partial charge is 0.188 e. The lowest BCUT2D eigenvalue weighted by molar-refractivity contribution is -0.0250. The van der Waals surface area contributed by atoms with Crippen LogP contribution in [-0.4, -0.2) is 39.4 Å². The number of ether oxygens (including phenoxy) is 2. The van der Waals surface area contributed by atoms with E-state index in [1.54, 1.807) is 7.11 Å². The Morgan fingerprint density at radius 1 is 1.39 bits per heavy atom. The summed E-state index contributed by atoms with van der Waals surface area (Å²) < 4.78 is 11.0. The number of rotatable bonds is 6. The highest BCUT2D eigenvalue weighted by Crippen LogP contribution is 2.33. The van der Waals surface area contributed by atoms with Crippen molar-refractivity contribution in [1.82, 2.24) is 5.32 Å². The Hall–Kier alpha value is -0.860. The fraction of sp³-hybridized carbons (Fsp3) is 0.588. The first-order valence-corrected chi connectivity index (χ1v) is 7.91. The van der Waals surface area contributed by atoms with Crippen LogP contribution in [0.15, 0.2) is 29.3 Å². The van der Waals surface area contributed by atoms with Gasteiger partial charge in [-0.3, -0.25) is 4.99 Å². The van der Waals surface area contributed by atoms with Gasteiger partial charge in [-0.2, -0.15) is 0 Å². The SMILES string of the molecule is COCCNC(N)=NCC1CCCOC1c1ccc(C)cc1.I. The van der Waals surface area contributed by atoms with E-state index in [1.165, 1.54) is 11.1 Å². The van der Waals surface area contributed by atoms with Crippen molar-refractivity contribution in [2.24, 2.45) is 16.6 Å². The minimum absolute atomic E-state index is 0. The quantitative estimate of drug-likeness (QED) is 0.313. The maximum atomic E-state index is 6.00. The lowest BCUT2D eigenvalue weighted by atomic mass is 9.89. The van der Waals surface area contributed by atoms with Gasteiger partial charge in [-0.05, 0) is 25.3 Å². The van der Waals surface area contributed by atoms with Crippen molar-refractivity contribution in [3.8, 4) is 0 Å². The van der Waals surface area contributed by atoms with Crippen molar-refractivity contribution in [2.45, 2.75) is 25.9 Å². The van der Waals surface area contributed by atoms with Crippen LogP contribution in [0.25, 0.3) is 0 Å². The second-order valence-corrected chi connectivity index (χ2v) is 5.75. The lowest BCUT2D eigenvalue weighted by Crippen LogP contribution is -2.35. The largest absolute Gasteiger partial charge is 0.383 e. The molecule has 1 heterocycles. The van der Waals surface area contributed by atoms with Crippen molar-refractivity contribution in [2.75, 3.05) is 33.4 Å². The highest BCUT2D eigenvalue weighted by atomic mass is 127. The van der Waals surface area contributed by atoms with E-state index in [2.05, 4.69) is 41.5 Å². The lowest BCUT2D eigenvalue weighted by Gasteiger charge is -2.31. The molecule has 0 spiro atoms. The number of guanidine groups is 1. The van der Waals surface area contributed by atoms with Crippen molar-refractivity contribution in [3.05, 3.63) is 35.4 Å². The molecule has 0 saturated carbocycles. The molecule has 0 aromatic heterocycles. The second-order valence-electron chi connectivity index (χ2n) is 5.75. The minimum atomic E-state index is 0. The molecule has 1 aromatic carbocycles. The number of aliphatic imine (C=N–C) groups is 1. The maximum Gasteiger partial charge on any atom is 0.188 e. The molecular weight excluding hydrogens is 405 g/mol. The van der Waals surface area contributed by atoms with Gasteiger partial charge in [0, 0.05) is 32.7 Å². The van der Waals surface area contributed by atoms with E-state index in [-0.39, 0.29) is 30.1 Å². The zero-order valence-electron chi connectivity index (χ0n) is 14.0. The predicted octanol–water partition coefficient (Wildman–Crippen LogP) is 2.63. The number of nitrogens with zero attached hydrogens (tertiary/aromatic N) is 1. The molecule has 2 rings (SSSR count). The van der Waals surface area contributed by atoms with Gasteiger partial charge in [0.2, 0.25) is 0 Å². The Kier molecular flexibility index (Phi) is 9.50. The third-order valence-electron chi connectivity index (χ3n) is 3.96. The Morgan fingerprint density at radius 3 is 2.83 bits per heavy atom. The van der Waals surface area contributed by atoms with E-state index in [4.69, 9.17) is 15.2 Å². The van der Waals surface area contributed by atoms with Crippen LogP contribution in [0, 0.1) is 12.8 Å². The van der Waals surface area contributed by atoms with Gasteiger partial charge in [-0.15, -0.1) is 24.0 Å². The van der Waals surface area contributed by atoms with Gasteiger partial charge < -0.3 is 20.5 Å². The van der Waals surface area contributed by atoms with Crippen LogP contribution < -0.4 is 11.1 Å². The summed E-state index contributed by atoms with van der Waals surface area (Å²) in [6, 6.07) is 8.58. The summed E-state index contributed by atoms with van der Waals surface area (Å²) in [5.74, 6) is 0.851. The van der Waals surface area contributed by atoms with Crippen molar-refractivity contribution in [1.29, 1.82) is 0 Å². The molecule has 1 aromatic rings. The third-order valence-corrected chi connectivity index (χ3v) is 3.96. The van der Waals surface area contributed by atoms with Crippen LogP contribution in [0.2, 0.25) is 0 Å². The molecule has 2 atom stereocenters. The van der Waals surface area contributed by atoms with Crippen molar-refractivity contribution < 1.29 is 9.47 Å². The number of nitrogens with one attached hydrogen (secondary N) is 1. The minimum Gasteiger partial charge on any atom is -0.383 e. The van der Waals surface area contributed by atoms with Crippen molar-refractivity contribution in [3.63, 3.8) is 0 Å². The predicted molar refractivity (Wildman–Crippen MR) is 104 cm³/mol. The monoisotopic (exact) mass is 433 g/mol. The molecule has 0 amide bonds. The van der Waals surface area contributed by atoms with E-state index in [0.717, 1.165) is 19.4 Å². The van der Waals surface area contributed by atoms with Crippen LogP contribution in [0.3, 0.4) is 0 Å². The van der Waals surface area contributed by atoms with E-state index in [9.17, 15) is 0 Å². The van der Waals surface area contributed by atoms with E-state index < -0.39 is 0 Å². The first kappa shape index (κ1) is 20.2. The molecule has 2 unspecified atom stereocenters.